The minimum absolute atomic E-state index is 0.177. The Morgan fingerprint density at radius 3 is 2.86 bits per heavy atom. The fourth-order valence-electron chi connectivity index (χ4n) is 2.81. The van der Waals surface area contributed by atoms with E-state index < -0.39 is 18.0 Å². The smallest absolute Gasteiger partial charge is 0.392 e. The van der Waals surface area contributed by atoms with E-state index in [2.05, 4.69) is 10.3 Å². The summed E-state index contributed by atoms with van der Waals surface area (Å²) in [5.74, 6) is -1.12. The van der Waals surface area contributed by atoms with Gasteiger partial charge in [0.2, 0.25) is 5.89 Å². The van der Waals surface area contributed by atoms with Crippen LogP contribution in [0.15, 0.2) is 10.6 Å². The first-order valence-corrected chi connectivity index (χ1v) is 7.23. The number of aromatic nitrogens is 1. The third kappa shape index (κ3) is 4.44. The van der Waals surface area contributed by atoms with Gasteiger partial charge in [0.15, 0.2) is 0 Å². The molecule has 2 unspecified atom stereocenters. The lowest BCUT2D eigenvalue weighted by atomic mass is 9.77. The van der Waals surface area contributed by atoms with Crippen LogP contribution in [0, 0.1) is 5.92 Å². The molecule has 0 saturated heterocycles. The summed E-state index contributed by atoms with van der Waals surface area (Å²) in [6.45, 7) is 1.60. The van der Waals surface area contributed by atoms with Gasteiger partial charge in [-0.2, -0.15) is 13.2 Å². The van der Waals surface area contributed by atoms with Gasteiger partial charge in [-0.1, -0.05) is 12.8 Å². The zero-order valence-electron chi connectivity index (χ0n) is 12.1. The maximum Gasteiger partial charge on any atom is 0.392 e. The summed E-state index contributed by atoms with van der Waals surface area (Å²) in [5.41, 5.74) is 0. The molecule has 1 aromatic rings. The Morgan fingerprint density at radius 1 is 1.38 bits per heavy atom. The second-order valence-corrected chi connectivity index (χ2v) is 5.37. The highest BCUT2D eigenvalue weighted by Crippen LogP contribution is 2.46. The van der Waals surface area contributed by atoms with Crippen LogP contribution in [-0.2, 0) is 11.3 Å². The molecule has 0 amide bonds. The van der Waals surface area contributed by atoms with Crippen molar-refractivity contribution in [1.82, 2.24) is 10.3 Å². The highest BCUT2D eigenvalue weighted by atomic mass is 19.4. The number of hydrogen-bond acceptors (Lipinski definition) is 4. The van der Waals surface area contributed by atoms with Gasteiger partial charge in [0.05, 0.1) is 25.3 Å². The number of alkyl halides is 3. The van der Waals surface area contributed by atoms with Gasteiger partial charge in [-0.25, -0.2) is 4.98 Å². The molecule has 1 fully saturated rings. The number of nitrogens with zero attached hydrogens (tertiary/aromatic N) is 1. The van der Waals surface area contributed by atoms with E-state index in [9.17, 15) is 13.2 Å². The Balaban J connectivity index is 1.98. The average Bonchev–Trinajstić information content (AvgIpc) is 2.91. The quantitative estimate of drug-likeness (QED) is 0.820. The zero-order valence-corrected chi connectivity index (χ0v) is 12.1. The van der Waals surface area contributed by atoms with Crippen LogP contribution >= 0.6 is 0 Å². The largest absolute Gasteiger partial charge is 0.444 e. The summed E-state index contributed by atoms with van der Waals surface area (Å²) in [4.78, 5) is 4.07. The van der Waals surface area contributed by atoms with Crippen LogP contribution in [0.2, 0.25) is 0 Å². The Kier molecular flexibility index (Phi) is 5.64. The molecule has 21 heavy (non-hydrogen) atoms. The maximum absolute atomic E-state index is 13.1. The first kappa shape index (κ1) is 16.3. The van der Waals surface area contributed by atoms with Crippen LogP contribution in [0.1, 0.15) is 43.3 Å². The van der Waals surface area contributed by atoms with E-state index in [1.807, 2.05) is 0 Å². The normalized spacial score (nSPS) is 23.4. The van der Waals surface area contributed by atoms with Gasteiger partial charge in [0, 0.05) is 19.6 Å². The van der Waals surface area contributed by atoms with Crippen molar-refractivity contribution in [2.45, 2.75) is 44.3 Å². The molecule has 0 radical (unpaired) electrons. The van der Waals surface area contributed by atoms with Crippen LogP contribution in [0.4, 0.5) is 13.2 Å². The van der Waals surface area contributed by atoms with Gasteiger partial charge in [-0.15, -0.1) is 0 Å². The Hall–Kier alpha value is -1.08. The molecule has 1 N–H and O–H groups in total. The second-order valence-electron chi connectivity index (χ2n) is 5.37. The van der Waals surface area contributed by atoms with E-state index in [-0.39, 0.29) is 6.42 Å². The number of halogens is 3. The number of rotatable bonds is 6. The van der Waals surface area contributed by atoms with E-state index in [4.69, 9.17) is 9.15 Å². The molecular weight excluding hydrogens is 285 g/mol. The standard InChI is InChI=1S/C14H21F3N2O2/c1-20-7-6-18-9-13-19-8-12(21-13)10-4-2-3-5-11(10)14(15,16)17/h8,10-11,18H,2-7,9H2,1H3. The molecule has 0 aliphatic heterocycles. The van der Waals surface area contributed by atoms with Crippen LogP contribution < -0.4 is 5.32 Å². The number of nitrogens with one attached hydrogen (secondary N) is 1. The van der Waals surface area contributed by atoms with E-state index in [1.165, 1.54) is 6.20 Å². The fourth-order valence-corrected chi connectivity index (χ4v) is 2.81. The minimum atomic E-state index is -4.17. The molecule has 0 aromatic carbocycles. The van der Waals surface area contributed by atoms with Crippen molar-refractivity contribution in [2.24, 2.45) is 5.92 Å². The Morgan fingerprint density at radius 2 is 2.14 bits per heavy atom. The van der Waals surface area contributed by atoms with E-state index >= 15 is 0 Å². The fraction of sp³-hybridized carbons (Fsp3) is 0.786. The summed E-state index contributed by atoms with van der Waals surface area (Å²) in [7, 11) is 1.60. The third-order valence-corrected chi connectivity index (χ3v) is 3.88. The molecule has 1 aliphatic rings. The SMILES string of the molecule is COCCNCc1ncc(C2CCCCC2C(F)(F)F)o1. The highest BCUT2D eigenvalue weighted by Gasteiger charge is 2.47. The first-order valence-electron chi connectivity index (χ1n) is 7.23. The summed E-state index contributed by atoms with van der Waals surface area (Å²) < 4.78 is 49.7. The lowest BCUT2D eigenvalue weighted by Gasteiger charge is -2.31. The average molecular weight is 306 g/mol. The molecule has 2 rings (SSSR count). The predicted octanol–water partition coefficient (Wildman–Crippen LogP) is 3.25. The van der Waals surface area contributed by atoms with Crippen molar-refractivity contribution in [1.29, 1.82) is 0 Å². The van der Waals surface area contributed by atoms with Crippen LogP contribution in [-0.4, -0.2) is 31.4 Å². The highest BCUT2D eigenvalue weighted by molar-refractivity contribution is 5.06. The molecule has 1 aromatic heterocycles. The lowest BCUT2D eigenvalue weighted by molar-refractivity contribution is -0.188. The number of oxazole rings is 1. The molecule has 1 aliphatic carbocycles. The van der Waals surface area contributed by atoms with Crippen LogP contribution in [0.25, 0.3) is 0 Å². The number of hydrogen-bond donors (Lipinski definition) is 1. The lowest BCUT2D eigenvalue weighted by Crippen LogP contribution is -2.31. The van der Waals surface area contributed by atoms with Crippen molar-refractivity contribution in [3.63, 3.8) is 0 Å². The van der Waals surface area contributed by atoms with Gasteiger partial charge in [0.25, 0.3) is 0 Å². The van der Waals surface area contributed by atoms with Crippen LogP contribution in [0.5, 0.6) is 0 Å². The minimum Gasteiger partial charge on any atom is -0.444 e. The maximum atomic E-state index is 13.1. The van der Waals surface area contributed by atoms with Gasteiger partial charge in [0.1, 0.15) is 5.76 Å². The molecular formula is C14H21F3N2O2. The zero-order chi connectivity index (χ0) is 15.3. The molecule has 0 spiro atoms. The number of ether oxygens (including phenoxy) is 1. The molecule has 0 bridgehead atoms. The van der Waals surface area contributed by atoms with Crippen molar-refractivity contribution < 1.29 is 22.3 Å². The monoisotopic (exact) mass is 306 g/mol. The summed E-state index contributed by atoms with van der Waals surface area (Å²) in [5, 5.41) is 3.06. The molecule has 1 saturated carbocycles. The summed E-state index contributed by atoms with van der Waals surface area (Å²) >= 11 is 0. The van der Waals surface area contributed by atoms with Crippen molar-refractivity contribution in [3.05, 3.63) is 17.8 Å². The van der Waals surface area contributed by atoms with Crippen molar-refractivity contribution >= 4 is 0 Å². The predicted molar refractivity (Wildman–Crippen MR) is 70.8 cm³/mol. The van der Waals surface area contributed by atoms with Gasteiger partial charge in [-0.3, -0.25) is 0 Å². The van der Waals surface area contributed by atoms with Gasteiger partial charge < -0.3 is 14.5 Å². The van der Waals surface area contributed by atoms with E-state index in [0.29, 0.717) is 44.2 Å². The summed E-state index contributed by atoms with van der Waals surface area (Å²) in [6.07, 6.45) is -0.609. The van der Waals surface area contributed by atoms with Gasteiger partial charge >= 0.3 is 6.18 Å². The van der Waals surface area contributed by atoms with E-state index in [1.54, 1.807) is 7.11 Å². The molecule has 7 heteroatoms. The number of methoxy groups -OCH3 is 1. The topological polar surface area (TPSA) is 47.3 Å². The van der Waals surface area contributed by atoms with Gasteiger partial charge in [-0.05, 0) is 12.8 Å². The Bertz CT molecular complexity index is 434. The summed E-state index contributed by atoms with van der Waals surface area (Å²) in [6, 6.07) is 0. The third-order valence-electron chi connectivity index (χ3n) is 3.88. The first-order chi connectivity index (χ1) is 10.0. The second kappa shape index (κ2) is 7.26. The molecule has 1 heterocycles. The van der Waals surface area contributed by atoms with Crippen molar-refractivity contribution in [2.75, 3.05) is 20.3 Å². The van der Waals surface area contributed by atoms with E-state index in [0.717, 1.165) is 6.42 Å². The molecule has 2 atom stereocenters. The molecule has 4 nitrogen and oxygen atoms in total. The Labute approximate surface area is 122 Å². The van der Waals surface area contributed by atoms with Crippen LogP contribution in [0.3, 0.4) is 0 Å². The van der Waals surface area contributed by atoms with Crippen molar-refractivity contribution in [3.8, 4) is 0 Å². The molecule has 120 valence electrons.